The second kappa shape index (κ2) is 5.97. The molecule has 2 N–H and O–H groups in total. The molecule has 0 amide bonds. The summed E-state index contributed by atoms with van der Waals surface area (Å²) in [5, 5.41) is 21.7. The second-order valence-electron chi connectivity index (χ2n) is 4.82. The zero-order chi connectivity index (χ0) is 13.0. The number of aliphatic hydroxyl groups is 1. The molecule has 1 aliphatic rings. The van der Waals surface area contributed by atoms with Crippen LogP contribution in [0.25, 0.3) is 0 Å². The van der Waals surface area contributed by atoms with Gasteiger partial charge in [-0.3, -0.25) is 14.4 Å². The van der Waals surface area contributed by atoms with Crippen LogP contribution in [0.5, 0.6) is 0 Å². The maximum atomic E-state index is 10.6. The van der Waals surface area contributed by atoms with Crippen LogP contribution in [0.4, 0.5) is 0 Å². The smallest absolute Gasteiger partial charge is 0.303 e. The van der Waals surface area contributed by atoms with Gasteiger partial charge in [-0.2, -0.15) is 5.10 Å². The van der Waals surface area contributed by atoms with E-state index in [1.165, 1.54) is 0 Å². The van der Waals surface area contributed by atoms with Crippen molar-refractivity contribution in [3.8, 4) is 0 Å². The fraction of sp³-hybridized carbons (Fsp3) is 0.667. The summed E-state index contributed by atoms with van der Waals surface area (Å²) in [6.07, 6.45) is 4.96. The standard InChI is InChI=1S/C12H19N3O3/c16-4-3-15-9-11(6-13-15)8-14-2-1-10(7-14)5-12(17)18/h6,9-10,16H,1-5,7-8H2,(H,17,18). The quantitative estimate of drug-likeness (QED) is 0.755. The molecule has 1 aromatic heterocycles. The minimum Gasteiger partial charge on any atom is -0.481 e. The lowest BCUT2D eigenvalue weighted by atomic mass is 10.1. The van der Waals surface area contributed by atoms with E-state index in [1.54, 1.807) is 10.9 Å². The van der Waals surface area contributed by atoms with E-state index in [0.29, 0.717) is 6.54 Å². The van der Waals surface area contributed by atoms with E-state index in [2.05, 4.69) is 10.00 Å². The van der Waals surface area contributed by atoms with Gasteiger partial charge < -0.3 is 10.2 Å². The van der Waals surface area contributed by atoms with Crippen molar-refractivity contribution in [2.45, 2.75) is 25.9 Å². The average Bonchev–Trinajstić information content (AvgIpc) is 2.89. The molecule has 2 heterocycles. The number of nitrogens with zero attached hydrogens (tertiary/aromatic N) is 3. The Hall–Kier alpha value is -1.40. The number of hydrogen-bond donors (Lipinski definition) is 2. The van der Waals surface area contributed by atoms with Crippen LogP contribution in [0.3, 0.4) is 0 Å². The summed E-state index contributed by atoms with van der Waals surface area (Å²) < 4.78 is 1.72. The summed E-state index contributed by atoms with van der Waals surface area (Å²) in [6, 6.07) is 0. The Morgan fingerprint density at radius 2 is 2.39 bits per heavy atom. The van der Waals surface area contributed by atoms with Crippen LogP contribution in [-0.4, -0.2) is 50.6 Å². The molecule has 6 nitrogen and oxygen atoms in total. The van der Waals surface area contributed by atoms with Gasteiger partial charge in [0.05, 0.1) is 19.3 Å². The van der Waals surface area contributed by atoms with Crippen molar-refractivity contribution < 1.29 is 15.0 Å². The molecular formula is C12H19N3O3. The highest BCUT2D eigenvalue weighted by molar-refractivity contribution is 5.67. The van der Waals surface area contributed by atoms with Gasteiger partial charge in [0.25, 0.3) is 0 Å². The maximum Gasteiger partial charge on any atom is 0.303 e. The van der Waals surface area contributed by atoms with E-state index in [4.69, 9.17) is 10.2 Å². The third-order valence-electron chi connectivity index (χ3n) is 3.26. The first-order chi connectivity index (χ1) is 8.67. The monoisotopic (exact) mass is 253 g/mol. The molecule has 0 saturated carbocycles. The lowest BCUT2D eigenvalue weighted by molar-refractivity contribution is -0.138. The molecule has 1 unspecified atom stereocenters. The molecule has 0 bridgehead atoms. The van der Waals surface area contributed by atoms with Gasteiger partial charge in [-0.25, -0.2) is 0 Å². The first-order valence-corrected chi connectivity index (χ1v) is 6.23. The third kappa shape index (κ3) is 3.54. The van der Waals surface area contributed by atoms with E-state index < -0.39 is 5.97 Å². The van der Waals surface area contributed by atoms with Gasteiger partial charge in [0.1, 0.15) is 0 Å². The largest absolute Gasteiger partial charge is 0.481 e. The topological polar surface area (TPSA) is 78.6 Å². The summed E-state index contributed by atoms with van der Waals surface area (Å²) in [4.78, 5) is 12.9. The van der Waals surface area contributed by atoms with Crippen molar-refractivity contribution in [2.24, 2.45) is 5.92 Å². The van der Waals surface area contributed by atoms with Crippen molar-refractivity contribution in [3.63, 3.8) is 0 Å². The fourth-order valence-electron chi connectivity index (χ4n) is 2.44. The maximum absolute atomic E-state index is 10.6. The van der Waals surface area contributed by atoms with Crippen LogP contribution in [0.1, 0.15) is 18.4 Å². The molecule has 1 saturated heterocycles. The predicted octanol–water partition coefficient (Wildman–Crippen LogP) is 0.172. The SMILES string of the molecule is O=C(O)CC1CCN(Cc2cnn(CCO)c2)C1. The molecule has 0 aliphatic carbocycles. The van der Waals surface area contributed by atoms with E-state index in [1.807, 2.05) is 6.20 Å². The summed E-state index contributed by atoms with van der Waals surface area (Å²) in [5.41, 5.74) is 1.11. The molecule has 0 radical (unpaired) electrons. The Morgan fingerprint density at radius 3 is 3.11 bits per heavy atom. The molecule has 0 aromatic carbocycles. The van der Waals surface area contributed by atoms with Crippen LogP contribution in [0, 0.1) is 5.92 Å². The van der Waals surface area contributed by atoms with Crippen LogP contribution in [0.15, 0.2) is 12.4 Å². The molecule has 1 fully saturated rings. The molecule has 6 heteroatoms. The van der Waals surface area contributed by atoms with E-state index >= 15 is 0 Å². The molecule has 18 heavy (non-hydrogen) atoms. The average molecular weight is 253 g/mol. The number of rotatable bonds is 6. The van der Waals surface area contributed by atoms with E-state index in [9.17, 15) is 4.79 Å². The number of hydrogen-bond acceptors (Lipinski definition) is 4. The number of aliphatic hydroxyl groups excluding tert-OH is 1. The van der Waals surface area contributed by atoms with E-state index in [0.717, 1.165) is 31.6 Å². The van der Waals surface area contributed by atoms with Gasteiger partial charge in [-0.05, 0) is 18.9 Å². The normalized spacial score (nSPS) is 20.4. The zero-order valence-electron chi connectivity index (χ0n) is 10.3. The summed E-state index contributed by atoms with van der Waals surface area (Å²) in [6.45, 7) is 3.20. The number of carboxylic acids is 1. The molecule has 0 spiro atoms. The van der Waals surface area contributed by atoms with Crippen molar-refractivity contribution in [1.82, 2.24) is 14.7 Å². The van der Waals surface area contributed by atoms with Crippen LogP contribution in [-0.2, 0) is 17.9 Å². The fourth-order valence-corrected chi connectivity index (χ4v) is 2.44. The van der Waals surface area contributed by atoms with Crippen LogP contribution >= 0.6 is 0 Å². The Bertz CT molecular complexity index is 405. The molecule has 1 atom stereocenters. The van der Waals surface area contributed by atoms with Crippen molar-refractivity contribution in [3.05, 3.63) is 18.0 Å². The highest BCUT2D eigenvalue weighted by Gasteiger charge is 2.24. The van der Waals surface area contributed by atoms with Crippen molar-refractivity contribution >= 4 is 5.97 Å². The lowest BCUT2D eigenvalue weighted by Crippen LogP contribution is -2.20. The number of aromatic nitrogens is 2. The minimum atomic E-state index is -0.711. The second-order valence-corrected chi connectivity index (χ2v) is 4.82. The molecule has 1 aliphatic heterocycles. The molecular weight excluding hydrogens is 234 g/mol. The lowest BCUT2D eigenvalue weighted by Gasteiger charge is -2.14. The van der Waals surface area contributed by atoms with Crippen molar-refractivity contribution in [1.29, 1.82) is 0 Å². The van der Waals surface area contributed by atoms with Gasteiger partial charge in [0, 0.05) is 31.3 Å². The van der Waals surface area contributed by atoms with Crippen molar-refractivity contribution in [2.75, 3.05) is 19.7 Å². The predicted molar refractivity (Wildman–Crippen MR) is 64.9 cm³/mol. The Balaban J connectivity index is 1.81. The van der Waals surface area contributed by atoms with E-state index in [-0.39, 0.29) is 18.9 Å². The highest BCUT2D eigenvalue weighted by Crippen LogP contribution is 2.21. The third-order valence-corrected chi connectivity index (χ3v) is 3.26. The Morgan fingerprint density at radius 1 is 1.56 bits per heavy atom. The summed E-state index contributed by atoms with van der Waals surface area (Å²) in [7, 11) is 0. The Kier molecular flexibility index (Phi) is 4.33. The number of aliphatic carboxylic acids is 1. The molecule has 100 valence electrons. The number of carbonyl (C=O) groups is 1. The van der Waals surface area contributed by atoms with Gasteiger partial charge in [-0.1, -0.05) is 0 Å². The van der Waals surface area contributed by atoms with Crippen LogP contribution < -0.4 is 0 Å². The van der Waals surface area contributed by atoms with Crippen LogP contribution in [0.2, 0.25) is 0 Å². The van der Waals surface area contributed by atoms with Gasteiger partial charge >= 0.3 is 5.97 Å². The zero-order valence-corrected chi connectivity index (χ0v) is 10.3. The first kappa shape index (κ1) is 13.0. The van der Waals surface area contributed by atoms with Gasteiger partial charge in [0.15, 0.2) is 0 Å². The van der Waals surface area contributed by atoms with Gasteiger partial charge in [-0.15, -0.1) is 0 Å². The first-order valence-electron chi connectivity index (χ1n) is 6.23. The molecule has 1 aromatic rings. The Labute approximate surface area is 106 Å². The summed E-state index contributed by atoms with van der Waals surface area (Å²) >= 11 is 0. The molecule has 2 rings (SSSR count). The number of likely N-dealkylation sites (tertiary alicyclic amines) is 1. The minimum absolute atomic E-state index is 0.0888. The number of carboxylic acid groups (broad SMARTS) is 1. The summed E-state index contributed by atoms with van der Waals surface area (Å²) in [5.74, 6) is -0.437. The highest BCUT2D eigenvalue weighted by atomic mass is 16.4. The van der Waals surface area contributed by atoms with Gasteiger partial charge in [0.2, 0.25) is 0 Å².